The van der Waals surface area contributed by atoms with E-state index in [4.69, 9.17) is 5.73 Å². The first-order chi connectivity index (χ1) is 11.9. The van der Waals surface area contributed by atoms with Crippen LogP contribution in [-0.2, 0) is 16.0 Å². The lowest BCUT2D eigenvalue weighted by Crippen LogP contribution is -2.45. The van der Waals surface area contributed by atoms with Crippen LogP contribution in [0.4, 0.5) is 0 Å². The number of nitrogens with two attached hydrogens (primary N) is 1. The van der Waals surface area contributed by atoms with Crippen molar-refractivity contribution in [3.63, 3.8) is 0 Å². The Morgan fingerprint density at radius 1 is 1.12 bits per heavy atom. The van der Waals surface area contributed by atoms with Gasteiger partial charge in [0.1, 0.15) is 6.04 Å². The van der Waals surface area contributed by atoms with Gasteiger partial charge in [0, 0.05) is 15.6 Å². The highest BCUT2D eigenvalue weighted by molar-refractivity contribution is 14.1. The molecule has 0 radical (unpaired) electrons. The number of ether oxygens (including phenoxy) is 1. The van der Waals surface area contributed by atoms with Crippen LogP contribution in [0.3, 0.4) is 0 Å². The van der Waals surface area contributed by atoms with Crippen molar-refractivity contribution in [1.29, 1.82) is 0 Å². The van der Waals surface area contributed by atoms with Crippen molar-refractivity contribution in [3.05, 3.63) is 68.8 Å². The van der Waals surface area contributed by atoms with Gasteiger partial charge in [-0.3, -0.25) is 9.59 Å². The van der Waals surface area contributed by atoms with Crippen molar-refractivity contribution in [2.45, 2.75) is 12.5 Å². The molecule has 0 fully saturated rings. The molecule has 1 atom stereocenters. The summed E-state index contributed by atoms with van der Waals surface area (Å²) in [5, 5.41) is 2.61. The number of hydrogen-bond donors (Lipinski definition) is 2. The molecule has 0 aliphatic carbocycles. The number of benzene rings is 2. The van der Waals surface area contributed by atoms with Crippen LogP contribution in [0.2, 0.25) is 0 Å². The van der Waals surface area contributed by atoms with Gasteiger partial charge in [-0.05, 0) is 58.5 Å². The quantitative estimate of drug-likeness (QED) is 0.517. The molecule has 130 valence electrons. The maximum absolute atomic E-state index is 12.4. The number of methoxy groups -OCH3 is 1. The molecule has 0 aromatic heterocycles. The molecule has 2 aromatic rings. The Morgan fingerprint density at radius 3 is 2.36 bits per heavy atom. The molecule has 7 heteroatoms. The molecule has 25 heavy (non-hydrogen) atoms. The molecule has 2 rings (SSSR count). The van der Waals surface area contributed by atoms with E-state index in [1.165, 1.54) is 13.2 Å². The highest BCUT2D eigenvalue weighted by atomic mass is 127. The fraction of sp³-hybridized carbons (Fsp3) is 0.167. The highest BCUT2D eigenvalue weighted by Gasteiger charge is 2.20. The molecular formula is C18H17IN2O4. The number of nitrogens with one attached hydrogen (secondary N) is 1. The van der Waals surface area contributed by atoms with Crippen LogP contribution in [0.25, 0.3) is 0 Å². The van der Waals surface area contributed by atoms with Crippen LogP contribution in [0, 0.1) is 3.57 Å². The predicted molar refractivity (Wildman–Crippen MR) is 101 cm³/mol. The van der Waals surface area contributed by atoms with Crippen molar-refractivity contribution in [2.24, 2.45) is 5.73 Å². The summed E-state index contributed by atoms with van der Waals surface area (Å²) in [5.74, 6) is -1.66. The van der Waals surface area contributed by atoms with Gasteiger partial charge in [-0.25, -0.2) is 4.79 Å². The fourth-order valence-electron chi connectivity index (χ4n) is 2.23. The Balaban J connectivity index is 2.13. The SMILES string of the molecule is COC(=O)c1cccc(C(=O)N[C@@H](Cc2ccc(I)cc2)C(N)=O)c1. The first-order valence-electron chi connectivity index (χ1n) is 7.43. The summed E-state index contributed by atoms with van der Waals surface area (Å²) in [6.45, 7) is 0. The van der Waals surface area contributed by atoms with E-state index >= 15 is 0 Å². The van der Waals surface area contributed by atoms with Gasteiger partial charge in [0.2, 0.25) is 5.91 Å². The van der Waals surface area contributed by atoms with E-state index in [0.29, 0.717) is 0 Å². The molecule has 2 aromatic carbocycles. The monoisotopic (exact) mass is 452 g/mol. The fourth-order valence-corrected chi connectivity index (χ4v) is 2.59. The van der Waals surface area contributed by atoms with E-state index in [1.54, 1.807) is 18.2 Å². The third kappa shape index (κ3) is 5.28. The van der Waals surface area contributed by atoms with Gasteiger partial charge in [0.05, 0.1) is 12.7 Å². The summed E-state index contributed by atoms with van der Waals surface area (Å²) in [7, 11) is 1.26. The highest BCUT2D eigenvalue weighted by Crippen LogP contribution is 2.10. The van der Waals surface area contributed by atoms with E-state index in [9.17, 15) is 14.4 Å². The topological polar surface area (TPSA) is 98.5 Å². The second-order valence-electron chi connectivity index (χ2n) is 5.33. The lowest BCUT2D eigenvalue weighted by atomic mass is 10.0. The van der Waals surface area contributed by atoms with Crippen molar-refractivity contribution in [3.8, 4) is 0 Å². The predicted octanol–water partition coefficient (Wildman–Crippen LogP) is 1.90. The minimum atomic E-state index is -0.852. The summed E-state index contributed by atoms with van der Waals surface area (Å²) in [6, 6.07) is 12.8. The molecule has 0 spiro atoms. The average Bonchev–Trinajstić information content (AvgIpc) is 2.62. The van der Waals surface area contributed by atoms with Gasteiger partial charge in [0.15, 0.2) is 0 Å². The molecule has 0 aliphatic heterocycles. The Morgan fingerprint density at radius 2 is 1.76 bits per heavy atom. The minimum Gasteiger partial charge on any atom is -0.465 e. The Hall–Kier alpha value is -2.42. The Bertz CT molecular complexity index is 790. The first kappa shape index (κ1) is 18.9. The van der Waals surface area contributed by atoms with E-state index in [2.05, 4.69) is 32.6 Å². The van der Waals surface area contributed by atoms with Gasteiger partial charge in [-0.15, -0.1) is 0 Å². The van der Waals surface area contributed by atoms with Crippen LogP contribution in [0.5, 0.6) is 0 Å². The van der Waals surface area contributed by atoms with Gasteiger partial charge in [-0.1, -0.05) is 18.2 Å². The second-order valence-corrected chi connectivity index (χ2v) is 6.58. The summed E-state index contributed by atoms with van der Waals surface area (Å²) < 4.78 is 5.70. The third-order valence-corrected chi connectivity index (χ3v) is 4.27. The maximum atomic E-state index is 12.4. The zero-order valence-corrected chi connectivity index (χ0v) is 15.6. The number of amides is 2. The van der Waals surface area contributed by atoms with Gasteiger partial charge >= 0.3 is 5.97 Å². The average molecular weight is 452 g/mol. The van der Waals surface area contributed by atoms with Crippen LogP contribution < -0.4 is 11.1 Å². The van der Waals surface area contributed by atoms with E-state index < -0.39 is 23.8 Å². The number of hydrogen-bond acceptors (Lipinski definition) is 4. The van der Waals surface area contributed by atoms with Gasteiger partial charge < -0.3 is 15.8 Å². The number of carbonyl (C=O) groups excluding carboxylic acids is 3. The van der Waals surface area contributed by atoms with Crippen LogP contribution in [0.15, 0.2) is 48.5 Å². The Kier molecular flexibility index (Phi) is 6.51. The largest absolute Gasteiger partial charge is 0.465 e. The summed E-state index contributed by atoms with van der Waals surface area (Å²) in [6.07, 6.45) is 0.286. The van der Waals surface area contributed by atoms with Gasteiger partial charge in [-0.2, -0.15) is 0 Å². The van der Waals surface area contributed by atoms with E-state index in [1.807, 2.05) is 24.3 Å². The molecule has 0 bridgehead atoms. The zero-order valence-electron chi connectivity index (χ0n) is 13.5. The molecule has 0 heterocycles. The van der Waals surface area contributed by atoms with Crippen LogP contribution in [0.1, 0.15) is 26.3 Å². The number of primary amides is 1. The van der Waals surface area contributed by atoms with Gasteiger partial charge in [0.25, 0.3) is 5.91 Å². The summed E-state index contributed by atoms with van der Waals surface area (Å²) in [4.78, 5) is 35.6. The standard InChI is InChI=1S/C18H17IN2O4/c1-25-18(24)13-4-2-3-12(10-13)17(23)21-15(16(20)22)9-11-5-7-14(19)8-6-11/h2-8,10,15H,9H2,1H3,(H2,20,22)(H,21,23)/t15-/m0/s1. The number of rotatable bonds is 6. The molecule has 2 amide bonds. The number of esters is 1. The zero-order chi connectivity index (χ0) is 18.4. The van der Waals surface area contributed by atoms with Crippen molar-refractivity contribution in [1.82, 2.24) is 5.32 Å². The molecule has 0 saturated heterocycles. The third-order valence-electron chi connectivity index (χ3n) is 3.55. The minimum absolute atomic E-state index is 0.247. The second kappa shape index (κ2) is 8.61. The van der Waals surface area contributed by atoms with Crippen LogP contribution in [-0.4, -0.2) is 30.9 Å². The molecule has 0 unspecified atom stereocenters. The van der Waals surface area contributed by atoms with Crippen molar-refractivity contribution in [2.75, 3.05) is 7.11 Å². The normalized spacial score (nSPS) is 11.4. The maximum Gasteiger partial charge on any atom is 0.337 e. The lowest BCUT2D eigenvalue weighted by molar-refractivity contribution is -0.119. The smallest absolute Gasteiger partial charge is 0.337 e. The molecule has 3 N–H and O–H groups in total. The van der Waals surface area contributed by atoms with Crippen molar-refractivity contribution >= 4 is 40.4 Å². The summed E-state index contributed by atoms with van der Waals surface area (Å²) >= 11 is 2.18. The van der Waals surface area contributed by atoms with E-state index in [-0.39, 0.29) is 17.5 Å². The van der Waals surface area contributed by atoms with E-state index in [0.717, 1.165) is 9.13 Å². The molecule has 0 aliphatic rings. The molecular weight excluding hydrogens is 435 g/mol. The number of halogens is 1. The Labute approximate surface area is 158 Å². The lowest BCUT2D eigenvalue weighted by Gasteiger charge is -2.16. The molecule has 6 nitrogen and oxygen atoms in total. The number of carbonyl (C=O) groups is 3. The molecule has 0 saturated carbocycles. The van der Waals surface area contributed by atoms with Crippen LogP contribution >= 0.6 is 22.6 Å². The summed E-state index contributed by atoms with van der Waals surface area (Å²) in [5.41, 5.74) is 6.79. The van der Waals surface area contributed by atoms with Crippen molar-refractivity contribution < 1.29 is 19.1 Å². The first-order valence-corrected chi connectivity index (χ1v) is 8.51.